The molecule has 29 heavy (non-hydrogen) atoms. The number of hydrogen-bond acceptors (Lipinski definition) is 6. The van der Waals surface area contributed by atoms with Crippen molar-refractivity contribution in [3.63, 3.8) is 0 Å². The van der Waals surface area contributed by atoms with Crippen LogP contribution in [0.3, 0.4) is 0 Å². The summed E-state index contributed by atoms with van der Waals surface area (Å²) >= 11 is 0. The third-order valence-corrected chi connectivity index (χ3v) is 4.10. The van der Waals surface area contributed by atoms with E-state index in [1.165, 1.54) is 21.0 Å². The fraction of sp³-hybridized carbons (Fsp3) is 0.500. The van der Waals surface area contributed by atoms with Gasteiger partial charge in [-0.15, -0.1) is 0 Å². The van der Waals surface area contributed by atoms with E-state index in [-0.39, 0.29) is 12.5 Å². The molecule has 3 amide bonds. The molecular weight excluding hydrogens is 378 g/mol. The molecule has 0 saturated carbocycles. The number of carbonyl (C=O) groups excluding carboxylic acids is 4. The Balaban J connectivity index is 2.57. The van der Waals surface area contributed by atoms with Gasteiger partial charge in [0.2, 0.25) is 11.8 Å². The van der Waals surface area contributed by atoms with E-state index in [0.29, 0.717) is 0 Å². The molecule has 0 saturated heterocycles. The maximum atomic E-state index is 12.4. The van der Waals surface area contributed by atoms with Crippen LogP contribution in [-0.4, -0.2) is 49.1 Å². The Labute approximate surface area is 170 Å². The second-order valence-electron chi connectivity index (χ2n) is 6.91. The number of benzene rings is 1. The molecule has 9 nitrogen and oxygen atoms in total. The lowest BCUT2D eigenvalue weighted by molar-refractivity contribution is -0.145. The first kappa shape index (κ1) is 23.9. The molecule has 3 N–H and O–H groups in total. The van der Waals surface area contributed by atoms with Gasteiger partial charge in [-0.1, -0.05) is 44.2 Å². The zero-order valence-corrected chi connectivity index (χ0v) is 17.4. The molecule has 1 rings (SSSR count). The number of methoxy groups -OCH3 is 1. The molecule has 0 aliphatic rings. The first-order chi connectivity index (χ1) is 13.6. The molecule has 0 radical (unpaired) electrons. The predicted molar refractivity (Wildman–Crippen MR) is 106 cm³/mol. The molecule has 1 aromatic rings. The van der Waals surface area contributed by atoms with Crippen molar-refractivity contribution in [2.45, 2.75) is 52.4 Å². The van der Waals surface area contributed by atoms with Gasteiger partial charge in [-0.25, -0.2) is 9.59 Å². The highest BCUT2D eigenvalue weighted by atomic mass is 16.5. The molecule has 0 spiro atoms. The third kappa shape index (κ3) is 8.20. The summed E-state index contributed by atoms with van der Waals surface area (Å²) in [5.41, 5.74) is 0.816. The quantitative estimate of drug-likeness (QED) is 0.527. The predicted octanol–water partition coefficient (Wildman–Crippen LogP) is 1.12. The van der Waals surface area contributed by atoms with E-state index in [9.17, 15) is 19.2 Å². The zero-order valence-electron chi connectivity index (χ0n) is 17.4. The van der Waals surface area contributed by atoms with Crippen LogP contribution in [0.5, 0.6) is 0 Å². The molecule has 0 fully saturated rings. The normalized spacial score (nSPS) is 13.6. The fourth-order valence-electron chi connectivity index (χ4n) is 2.36. The average molecular weight is 407 g/mol. The molecule has 0 aliphatic heterocycles. The van der Waals surface area contributed by atoms with Gasteiger partial charge in [-0.05, 0) is 25.3 Å². The van der Waals surface area contributed by atoms with Crippen molar-refractivity contribution in [2.24, 2.45) is 5.92 Å². The van der Waals surface area contributed by atoms with Crippen molar-refractivity contribution in [3.8, 4) is 0 Å². The Kier molecular flexibility index (Phi) is 9.64. The first-order valence-electron chi connectivity index (χ1n) is 9.31. The van der Waals surface area contributed by atoms with Gasteiger partial charge in [0.15, 0.2) is 0 Å². The highest BCUT2D eigenvalue weighted by molar-refractivity contribution is 5.92. The number of carbonyl (C=O) groups is 4. The van der Waals surface area contributed by atoms with E-state index < -0.39 is 42.0 Å². The molecule has 0 bridgehead atoms. The van der Waals surface area contributed by atoms with Gasteiger partial charge in [0, 0.05) is 0 Å². The largest absolute Gasteiger partial charge is 0.467 e. The highest BCUT2D eigenvalue weighted by Crippen LogP contribution is 2.04. The van der Waals surface area contributed by atoms with Crippen LogP contribution >= 0.6 is 0 Å². The van der Waals surface area contributed by atoms with E-state index in [0.717, 1.165) is 5.56 Å². The summed E-state index contributed by atoms with van der Waals surface area (Å²) in [6.45, 7) is 6.53. The van der Waals surface area contributed by atoms with Crippen molar-refractivity contribution in [1.29, 1.82) is 0 Å². The van der Waals surface area contributed by atoms with Crippen LogP contribution in [0.4, 0.5) is 4.79 Å². The summed E-state index contributed by atoms with van der Waals surface area (Å²) in [4.78, 5) is 48.2. The fourth-order valence-corrected chi connectivity index (χ4v) is 2.36. The zero-order chi connectivity index (χ0) is 22.0. The van der Waals surface area contributed by atoms with Gasteiger partial charge in [0.25, 0.3) is 0 Å². The van der Waals surface area contributed by atoms with Gasteiger partial charge in [0.05, 0.1) is 7.11 Å². The maximum Gasteiger partial charge on any atom is 0.408 e. The smallest absolute Gasteiger partial charge is 0.408 e. The third-order valence-electron chi connectivity index (χ3n) is 4.10. The molecular formula is C20H29N3O6. The van der Waals surface area contributed by atoms with E-state index in [2.05, 4.69) is 20.7 Å². The second kappa shape index (κ2) is 11.7. The Hall–Kier alpha value is -3.10. The van der Waals surface area contributed by atoms with Crippen LogP contribution in [-0.2, 0) is 30.5 Å². The average Bonchev–Trinajstić information content (AvgIpc) is 2.69. The number of hydrogen-bond donors (Lipinski definition) is 3. The van der Waals surface area contributed by atoms with E-state index in [4.69, 9.17) is 4.74 Å². The van der Waals surface area contributed by atoms with Crippen LogP contribution in [0, 0.1) is 5.92 Å². The Bertz CT molecular complexity index is 707. The van der Waals surface area contributed by atoms with Gasteiger partial charge in [0.1, 0.15) is 24.7 Å². The molecule has 160 valence electrons. The molecule has 0 heterocycles. The van der Waals surface area contributed by atoms with Crippen molar-refractivity contribution in [2.75, 3.05) is 7.11 Å². The molecule has 9 heteroatoms. The molecule has 0 aromatic heterocycles. The summed E-state index contributed by atoms with van der Waals surface area (Å²) in [5, 5.41) is 7.50. The van der Waals surface area contributed by atoms with Crippen molar-refractivity contribution >= 4 is 23.9 Å². The minimum Gasteiger partial charge on any atom is -0.467 e. The lowest BCUT2D eigenvalue weighted by Gasteiger charge is -2.25. The van der Waals surface area contributed by atoms with Crippen LogP contribution < -0.4 is 16.0 Å². The number of nitrogens with one attached hydrogen (secondary N) is 3. The lowest BCUT2D eigenvalue weighted by Crippen LogP contribution is -2.56. The number of esters is 1. The number of amides is 3. The monoisotopic (exact) mass is 407 g/mol. The van der Waals surface area contributed by atoms with Crippen LogP contribution in [0.2, 0.25) is 0 Å². The van der Waals surface area contributed by atoms with Crippen LogP contribution in [0.1, 0.15) is 33.3 Å². The summed E-state index contributed by atoms with van der Waals surface area (Å²) in [7, 11) is 1.22. The number of rotatable bonds is 9. The molecule has 3 atom stereocenters. The number of alkyl carbamates (subject to hydrolysis) is 1. The summed E-state index contributed by atoms with van der Waals surface area (Å²) in [5.74, 6) is -1.92. The topological polar surface area (TPSA) is 123 Å². The van der Waals surface area contributed by atoms with E-state index in [1.54, 1.807) is 13.8 Å². The highest BCUT2D eigenvalue weighted by Gasteiger charge is 2.29. The van der Waals surface area contributed by atoms with Gasteiger partial charge in [-0.2, -0.15) is 0 Å². The summed E-state index contributed by atoms with van der Waals surface area (Å²) < 4.78 is 9.65. The minimum atomic E-state index is -0.926. The van der Waals surface area contributed by atoms with E-state index >= 15 is 0 Å². The van der Waals surface area contributed by atoms with Crippen molar-refractivity contribution < 1.29 is 28.7 Å². The Morgan fingerprint density at radius 1 is 0.862 bits per heavy atom. The SMILES string of the molecule is COC(=O)[C@H](C)NC(=O)[C@@H](NC(=O)[C@H](C)NC(=O)OCc1ccccc1)C(C)C. The van der Waals surface area contributed by atoms with Gasteiger partial charge >= 0.3 is 12.1 Å². The molecule has 0 unspecified atom stereocenters. The Morgan fingerprint density at radius 3 is 2.03 bits per heavy atom. The van der Waals surface area contributed by atoms with Crippen LogP contribution in [0.15, 0.2) is 30.3 Å². The minimum absolute atomic E-state index is 0.0729. The summed E-state index contributed by atoms with van der Waals surface area (Å²) in [6, 6.07) is 6.45. The Morgan fingerprint density at radius 2 is 1.48 bits per heavy atom. The van der Waals surface area contributed by atoms with Gasteiger partial charge in [-0.3, -0.25) is 9.59 Å². The summed E-state index contributed by atoms with van der Waals surface area (Å²) in [6.07, 6.45) is -0.749. The van der Waals surface area contributed by atoms with Crippen molar-refractivity contribution in [3.05, 3.63) is 35.9 Å². The lowest BCUT2D eigenvalue weighted by atomic mass is 10.0. The maximum absolute atomic E-state index is 12.4. The molecule has 1 aromatic carbocycles. The molecule has 0 aliphatic carbocycles. The number of ether oxygens (including phenoxy) is 2. The van der Waals surface area contributed by atoms with Crippen molar-refractivity contribution in [1.82, 2.24) is 16.0 Å². The second-order valence-corrected chi connectivity index (χ2v) is 6.91. The standard InChI is InChI=1S/C20H29N3O6/c1-12(2)16(18(25)21-14(4)19(26)28-5)23-17(24)13(3)22-20(27)29-11-15-9-7-6-8-10-15/h6-10,12-14,16H,11H2,1-5H3,(H,21,25)(H,22,27)(H,23,24)/t13-,14-,16-/m0/s1. The van der Waals surface area contributed by atoms with Gasteiger partial charge < -0.3 is 25.4 Å². The first-order valence-corrected chi connectivity index (χ1v) is 9.31. The van der Waals surface area contributed by atoms with Crippen LogP contribution in [0.25, 0.3) is 0 Å². The van der Waals surface area contributed by atoms with E-state index in [1.807, 2.05) is 30.3 Å².